The van der Waals surface area contributed by atoms with Gasteiger partial charge in [-0.25, -0.2) is 0 Å². The molecule has 1 fully saturated rings. The van der Waals surface area contributed by atoms with E-state index in [9.17, 15) is 9.59 Å². The Hall–Kier alpha value is -3.12. The van der Waals surface area contributed by atoms with E-state index in [1.54, 1.807) is 18.4 Å². The highest BCUT2D eigenvalue weighted by Crippen LogP contribution is 2.38. The number of amides is 2. The molecule has 6 heteroatoms. The van der Waals surface area contributed by atoms with Crippen LogP contribution in [-0.2, 0) is 22.4 Å². The molecule has 0 aliphatic carbocycles. The lowest BCUT2D eigenvalue weighted by Crippen LogP contribution is -2.53. The lowest BCUT2D eigenvalue weighted by Gasteiger charge is -2.41. The number of carbonyl (C=O) groups excluding carboxylic acids is 2. The van der Waals surface area contributed by atoms with Crippen LogP contribution >= 0.6 is 11.3 Å². The fourth-order valence-corrected chi connectivity index (χ4v) is 5.34. The van der Waals surface area contributed by atoms with Gasteiger partial charge in [-0.1, -0.05) is 42.5 Å². The number of nitrogens with two attached hydrogens (primary N) is 1. The molecule has 1 saturated heterocycles. The Kier molecular flexibility index (Phi) is 6.61. The number of likely N-dealkylation sites (tertiary alicyclic amines) is 1. The zero-order valence-electron chi connectivity index (χ0n) is 18.3. The molecule has 1 aromatic heterocycles. The van der Waals surface area contributed by atoms with Crippen molar-refractivity contribution in [2.24, 2.45) is 11.1 Å². The number of primary amides is 1. The summed E-state index contributed by atoms with van der Waals surface area (Å²) in [5.74, 6) is 0.401. The van der Waals surface area contributed by atoms with E-state index in [1.165, 1.54) is 4.88 Å². The fourth-order valence-electron chi connectivity index (χ4n) is 4.56. The van der Waals surface area contributed by atoms with Gasteiger partial charge in [-0.3, -0.25) is 9.59 Å². The summed E-state index contributed by atoms with van der Waals surface area (Å²) in [6, 6.07) is 19.8. The van der Waals surface area contributed by atoms with Crippen LogP contribution in [0, 0.1) is 5.41 Å². The summed E-state index contributed by atoms with van der Waals surface area (Å²) in [5.41, 5.74) is 8.33. The van der Waals surface area contributed by atoms with Crippen LogP contribution in [0.5, 0.6) is 5.75 Å². The van der Waals surface area contributed by atoms with Gasteiger partial charge in [0.15, 0.2) is 0 Å². The van der Waals surface area contributed by atoms with E-state index < -0.39 is 5.41 Å². The number of piperidine rings is 1. The highest BCUT2D eigenvalue weighted by atomic mass is 32.1. The first-order valence-electron chi connectivity index (χ1n) is 10.8. The molecule has 0 bridgehead atoms. The van der Waals surface area contributed by atoms with Gasteiger partial charge in [0.1, 0.15) is 5.75 Å². The van der Waals surface area contributed by atoms with Crippen LogP contribution in [0.2, 0.25) is 0 Å². The van der Waals surface area contributed by atoms with Crippen molar-refractivity contribution in [2.75, 3.05) is 20.2 Å². The summed E-state index contributed by atoms with van der Waals surface area (Å²) in [6.45, 7) is 0.994. The third-order valence-electron chi connectivity index (χ3n) is 6.27. The predicted molar refractivity (Wildman–Crippen MR) is 128 cm³/mol. The molecule has 0 spiro atoms. The zero-order valence-corrected chi connectivity index (χ0v) is 19.1. The molecule has 2 N–H and O–H groups in total. The van der Waals surface area contributed by atoms with E-state index in [2.05, 4.69) is 23.6 Å². The summed E-state index contributed by atoms with van der Waals surface area (Å²) in [5, 5.41) is 2.05. The maximum Gasteiger partial charge on any atom is 0.227 e. The van der Waals surface area contributed by atoms with Crippen molar-refractivity contribution >= 4 is 23.2 Å². The van der Waals surface area contributed by atoms with Crippen LogP contribution in [-0.4, -0.2) is 36.9 Å². The summed E-state index contributed by atoms with van der Waals surface area (Å²) in [4.78, 5) is 28.9. The van der Waals surface area contributed by atoms with E-state index >= 15 is 0 Å². The molecule has 5 nitrogen and oxygen atoms in total. The maximum absolute atomic E-state index is 13.1. The van der Waals surface area contributed by atoms with Crippen LogP contribution < -0.4 is 10.5 Å². The Morgan fingerprint density at radius 2 is 1.97 bits per heavy atom. The standard InChI is InChI=1S/C26H28N2O3S/c1-31-21-9-4-7-19(15-21)16-24(29)28-13-6-12-26(18-28,25(27)30)17-20-8-2-3-10-22(20)23-11-5-14-32-23/h2-5,7-11,14-15H,6,12-13,16-18H2,1H3,(H2,27,30). The van der Waals surface area contributed by atoms with Crippen molar-refractivity contribution in [3.63, 3.8) is 0 Å². The number of methoxy groups -OCH3 is 1. The number of carbonyl (C=O) groups is 2. The van der Waals surface area contributed by atoms with Gasteiger partial charge in [0.2, 0.25) is 11.8 Å². The van der Waals surface area contributed by atoms with Gasteiger partial charge >= 0.3 is 0 Å². The largest absolute Gasteiger partial charge is 0.497 e. The Labute approximate surface area is 192 Å². The Morgan fingerprint density at radius 3 is 2.72 bits per heavy atom. The van der Waals surface area contributed by atoms with E-state index in [4.69, 9.17) is 10.5 Å². The molecule has 1 aliphatic rings. The second-order valence-corrected chi connectivity index (χ2v) is 9.35. The third-order valence-corrected chi connectivity index (χ3v) is 7.18. The number of hydrogen-bond acceptors (Lipinski definition) is 4. The molecule has 166 valence electrons. The number of rotatable bonds is 7. The quantitative estimate of drug-likeness (QED) is 0.586. The van der Waals surface area contributed by atoms with Crippen molar-refractivity contribution in [2.45, 2.75) is 25.7 Å². The molecule has 1 unspecified atom stereocenters. The predicted octanol–water partition coefficient (Wildman–Crippen LogP) is 4.30. The summed E-state index contributed by atoms with van der Waals surface area (Å²) >= 11 is 1.68. The average molecular weight is 449 g/mol. The minimum absolute atomic E-state index is 0.00937. The summed E-state index contributed by atoms with van der Waals surface area (Å²) in [6.07, 6.45) is 2.25. The van der Waals surface area contributed by atoms with E-state index in [1.807, 2.05) is 47.4 Å². The molecule has 32 heavy (non-hydrogen) atoms. The highest BCUT2D eigenvalue weighted by molar-refractivity contribution is 7.13. The molecule has 2 heterocycles. The minimum Gasteiger partial charge on any atom is -0.497 e. The highest BCUT2D eigenvalue weighted by Gasteiger charge is 2.42. The normalized spacial score (nSPS) is 18.3. The Morgan fingerprint density at radius 1 is 1.12 bits per heavy atom. The van der Waals surface area contributed by atoms with Crippen molar-refractivity contribution in [3.8, 4) is 16.2 Å². The van der Waals surface area contributed by atoms with Crippen molar-refractivity contribution < 1.29 is 14.3 Å². The van der Waals surface area contributed by atoms with Crippen LogP contribution in [0.15, 0.2) is 66.0 Å². The topological polar surface area (TPSA) is 72.6 Å². The van der Waals surface area contributed by atoms with E-state index in [0.29, 0.717) is 25.9 Å². The monoisotopic (exact) mass is 448 g/mol. The molecule has 2 amide bonds. The Bertz CT molecular complexity index is 1100. The number of ether oxygens (including phenoxy) is 1. The van der Waals surface area contributed by atoms with Gasteiger partial charge in [0.25, 0.3) is 0 Å². The lowest BCUT2D eigenvalue weighted by molar-refractivity contribution is -0.139. The van der Waals surface area contributed by atoms with E-state index in [0.717, 1.165) is 28.9 Å². The molecule has 0 radical (unpaired) electrons. The molecule has 1 aliphatic heterocycles. The minimum atomic E-state index is -0.768. The molecule has 1 atom stereocenters. The lowest BCUT2D eigenvalue weighted by atomic mass is 9.73. The Balaban J connectivity index is 1.56. The third kappa shape index (κ3) is 4.70. The summed E-state index contributed by atoms with van der Waals surface area (Å²) < 4.78 is 5.27. The van der Waals surface area contributed by atoms with Gasteiger partial charge in [0.05, 0.1) is 18.9 Å². The zero-order chi connectivity index (χ0) is 22.6. The first-order valence-corrected chi connectivity index (χ1v) is 11.7. The molecule has 4 rings (SSSR count). The van der Waals surface area contributed by atoms with Crippen LogP contribution in [0.1, 0.15) is 24.0 Å². The van der Waals surface area contributed by atoms with Crippen molar-refractivity contribution in [1.82, 2.24) is 4.90 Å². The number of thiophene rings is 1. The SMILES string of the molecule is COc1cccc(CC(=O)N2CCCC(Cc3ccccc3-c3cccs3)(C(N)=O)C2)c1. The van der Waals surface area contributed by atoms with Crippen LogP contribution in [0.3, 0.4) is 0 Å². The molecule has 2 aromatic carbocycles. The van der Waals surface area contributed by atoms with E-state index in [-0.39, 0.29) is 18.2 Å². The number of benzene rings is 2. The van der Waals surface area contributed by atoms with Crippen molar-refractivity contribution in [3.05, 3.63) is 77.2 Å². The van der Waals surface area contributed by atoms with Gasteiger partial charge < -0.3 is 15.4 Å². The number of hydrogen-bond donors (Lipinski definition) is 1. The summed E-state index contributed by atoms with van der Waals surface area (Å²) in [7, 11) is 1.61. The fraction of sp³-hybridized carbons (Fsp3) is 0.308. The molecule has 0 saturated carbocycles. The van der Waals surface area contributed by atoms with Crippen molar-refractivity contribution in [1.29, 1.82) is 0 Å². The molecular weight excluding hydrogens is 420 g/mol. The van der Waals surface area contributed by atoms with Gasteiger partial charge in [-0.2, -0.15) is 0 Å². The average Bonchev–Trinajstić information content (AvgIpc) is 3.34. The van der Waals surface area contributed by atoms with Gasteiger partial charge in [-0.05, 0) is 59.5 Å². The molecular formula is C26H28N2O3S. The van der Waals surface area contributed by atoms with Crippen LogP contribution in [0.25, 0.3) is 10.4 Å². The smallest absolute Gasteiger partial charge is 0.227 e. The second kappa shape index (κ2) is 9.57. The van der Waals surface area contributed by atoms with Crippen LogP contribution in [0.4, 0.5) is 0 Å². The first-order chi connectivity index (χ1) is 15.5. The maximum atomic E-state index is 13.1. The second-order valence-electron chi connectivity index (χ2n) is 8.40. The van der Waals surface area contributed by atoms with Gasteiger partial charge in [-0.15, -0.1) is 11.3 Å². The molecule has 3 aromatic rings. The number of nitrogens with zero attached hydrogens (tertiary/aromatic N) is 1. The van der Waals surface area contributed by atoms with Gasteiger partial charge in [0, 0.05) is 18.0 Å². The first kappa shape index (κ1) is 22.1.